The smallest absolute Gasteiger partial charge is 0.417 e. The van der Waals surface area contributed by atoms with Gasteiger partial charge in [-0.15, -0.1) is 46.4 Å². The van der Waals surface area contributed by atoms with E-state index in [1.54, 1.807) is 20.8 Å². The number of nitrogens with one attached hydrogen (secondary N) is 1. The lowest BCUT2D eigenvalue weighted by molar-refractivity contribution is -0.134. The number of nitrogens with zero attached hydrogens (tertiary/aromatic N) is 1. The first kappa shape index (κ1) is 23.2. The fourth-order valence-corrected chi connectivity index (χ4v) is 5.69. The largest absolute Gasteiger partial charge is 0.443 e. The van der Waals surface area contributed by atoms with Crippen molar-refractivity contribution in [3.05, 3.63) is 0 Å². The summed E-state index contributed by atoms with van der Waals surface area (Å²) in [7, 11) is 0. The molecule has 0 radical (unpaired) electrons. The number of imide groups is 1. The maximum atomic E-state index is 12.0. The van der Waals surface area contributed by atoms with Gasteiger partial charge in [-0.05, 0) is 46.5 Å². The minimum atomic E-state index is -0.803. The predicted molar refractivity (Wildman–Crippen MR) is 112 cm³/mol. The number of likely N-dealkylation sites (tertiary alicyclic amines) is 1. The highest BCUT2D eigenvalue weighted by Gasteiger charge is 2.68. The Hall–Kier alpha value is -0.430. The summed E-state index contributed by atoms with van der Waals surface area (Å²) >= 11 is 24.0. The maximum Gasteiger partial charge on any atom is 0.417 e. The summed E-state index contributed by atoms with van der Waals surface area (Å²) in [6, 6.07) is 0. The molecule has 2 saturated heterocycles. The third-order valence-electron chi connectivity index (χ3n) is 6.07. The molecule has 10 heteroatoms. The summed E-state index contributed by atoms with van der Waals surface area (Å²) in [5, 5.41) is 2.76. The van der Waals surface area contributed by atoms with Gasteiger partial charge in [0.1, 0.15) is 14.3 Å². The zero-order chi connectivity index (χ0) is 21.9. The number of alkyl halides is 4. The summed E-state index contributed by atoms with van der Waals surface area (Å²) in [5.41, 5.74) is -1.01. The van der Waals surface area contributed by atoms with Gasteiger partial charge in [0.15, 0.2) is 0 Å². The molecule has 0 aromatic carbocycles. The van der Waals surface area contributed by atoms with Crippen LogP contribution in [-0.2, 0) is 14.3 Å². The van der Waals surface area contributed by atoms with E-state index in [4.69, 9.17) is 51.1 Å². The van der Waals surface area contributed by atoms with Crippen molar-refractivity contribution in [2.45, 2.75) is 73.6 Å². The van der Waals surface area contributed by atoms with Gasteiger partial charge in [0, 0.05) is 36.8 Å². The molecule has 4 rings (SSSR count). The number of amides is 3. The minimum absolute atomic E-state index is 0.0828. The molecular weight excluding hydrogens is 462 g/mol. The number of halogens is 4. The maximum absolute atomic E-state index is 12.0. The van der Waals surface area contributed by atoms with Crippen LogP contribution in [0.15, 0.2) is 0 Å². The van der Waals surface area contributed by atoms with Gasteiger partial charge in [0.05, 0.1) is 0 Å². The zero-order valence-corrected chi connectivity index (χ0v) is 19.8. The van der Waals surface area contributed by atoms with Gasteiger partial charge in [-0.25, -0.2) is 9.69 Å². The van der Waals surface area contributed by atoms with E-state index in [0.717, 1.165) is 24.3 Å². The standard InChI is InChI=1S/C12H17Cl2NO3.C7H9Cl2NO/c1-10(2,3)18-9(17)15-5-4-11(6-8(15)16)7-12(11,13)14;8-7(9)4-6(7)1-2-10-5(11)3-6/h4-7H2,1-3H3;1-4H2,(H,10,11). The zero-order valence-electron chi connectivity index (χ0n) is 16.7. The fraction of sp³-hybridized carbons (Fsp3) is 0.842. The summed E-state index contributed by atoms with van der Waals surface area (Å²) in [6.07, 6.45) is 3.10. The van der Waals surface area contributed by atoms with Crippen LogP contribution >= 0.6 is 46.4 Å². The topological polar surface area (TPSA) is 75.7 Å². The molecule has 0 aromatic rings. The number of carbonyl (C=O) groups excluding carboxylic acids is 3. The molecule has 2 aliphatic heterocycles. The summed E-state index contributed by atoms with van der Waals surface area (Å²) in [5.74, 6) is -0.168. The second-order valence-corrected chi connectivity index (χ2v) is 12.5. The molecule has 3 amide bonds. The average Bonchev–Trinajstić information content (AvgIpc) is 3.25. The molecule has 29 heavy (non-hydrogen) atoms. The highest BCUT2D eigenvalue weighted by Crippen LogP contribution is 2.69. The molecular formula is C19H26Cl4N2O4. The van der Waals surface area contributed by atoms with Crippen molar-refractivity contribution in [1.29, 1.82) is 0 Å². The molecule has 2 heterocycles. The second-order valence-electron chi connectivity index (χ2n) is 9.55. The Morgan fingerprint density at radius 3 is 1.90 bits per heavy atom. The van der Waals surface area contributed by atoms with Crippen molar-refractivity contribution >= 4 is 64.3 Å². The van der Waals surface area contributed by atoms with Crippen LogP contribution in [0.25, 0.3) is 0 Å². The quantitative estimate of drug-likeness (QED) is 0.508. The van der Waals surface area contributed by atoms with Crippen LogP contribution in [0.1, 0.15) is 59.3 Å². The molecule has 2 spiro atoms. The second kappa shape index (κ2) is 7.32. The Labute approximate surface area is 190 Å². The van der Waals surface area contributed by atoms with E-state index in [2.05, 4.69) is 5.32 Å². The number of hydrogen-bond acceptors (Lipinski definition) is 4. The van der Waals surface area contributed by atoms with Crippen LogP contribution in [0, 0.1) is 10.8 Å². The van der Waals surface area contributed by atoms with E-state index >= 15 is 0 Å². The molecule has 2 unspecified atom stereocenters. The van der Waals surface area contributed by atoms with Crippen molar-refractivity contribution in [3.63, 3.8) is 0 Å². The van der Waals surface area contributed by atoms with E-state index in [1.165, 1.54) is 0 Å². The first-order valence-electron chi connectivity index (χ1n) is 9.68. The Bertz CT molecular complexity index is 736. The Balaban J connectivity index is 0.000000186. The molecule has 6 nitrogen and oxygen atoms in total. The highest BCUT2D eigenvalue weighted by atomic mass is 35.5. The van der Waals surface area contributed by atoms with Crippen LogP contribution in [-0.4, -0.2) is 50.2 Å². The Morgan fingerprint density at radius 1 is 1.00 bits per heavy atom. The molecule has 2 atom stereocenters. The number of rotatable bonds is 0. The van der Waals surface area contributed by atoms with Crippen molar-refractivity contribution in [3.8, 4) is 0 Å². The fourth-order valence-electron chi connectivity index (χ4n) is 4.02. The third-order valence-corrected chi connectivity index (χ3v) is 8.20. The summed E-state index contributed by atoms with van der Waals surface area (Å²) < 4.78 is 3.77. The first-order chi connectivity index (χ1) is 13.1. The van der Waals surface area contributed by atoms with Gasteiger partial charge in [0.25, 0.3) is 0 Å². The molecule has 4 fully saturated rings. The molecule has 0 aromatic heterocycles. The molecule has 164 valence electrons. The van der Waals surface area contributed by atoms with Gasteiger partial charge in [0.2, 0.25) is 11.8 Å². The number of ether oxygens (including phenoxy) is 1. The number of carbonyl (C=O) groups is 3. The normalized spacial score (nSPS) is 34.2. The Kier molecular flexibility index (Phi) is 5.86. The van der Waals surface area contributed by atoms with Gasteiger partial charge in [-0.3, -0.25) is 9.59 Å². The van der Waals surface area contributed by atoms with E-state index in [0.29, 0.717) is 25.8 Å². The molecule has 1 N–H and O–H groups in total. The van der Waals surface area contributed by atoms with E-state index in [-0.39, 0.29) is 29.1 Å². The highest BCUT2D eigenvalue weighted by molar-refractivity contribution is 6.52. The van der Waals surface area contributed by atoms with Gasteiger partial charge in [-0.2, -0.15) is 0 Å². The first-order valence-corrected chi connectivity index (χ1v) is 11.2. The van der Waals surface area contributed by atoms with Crippen molar-refractivity contribution in [1.82, 2.24) is 10.2 Å². The van der Waals surface area contributed by atoms with E-state index in [1.807, 2.05) is 0 Å². The van der Waals surface area contributed by atoms with E-state index in [9.17, 15) is 14.4 Å². The van der Waals surface area contributed by atoms with Crippen LogP contribution in [0.3, 0.4) is 0 Å². The van der Waals surface area contributed by atoms with Crippen molar-refractivity contribution in [2.75, 3.05) is 13.1 Å². The third kappa shape index (κ3) is 4.76. The van der Waals surface area contributed by atoms with Crippen LogP contribution in [0.4, 0.5) is 4.79 Å². The lowest BCUT2D eigenvalue weighted by Crippen LogP contribution is -2.46. The monoisotopic (exact) mass is 486 g/mol. The lowest BCUT2D eigenvalue weighted by atomic mass is 9.93. The van der Waals surface area contributed by atoms with Crippen LogP contribution in [0.5, 0.6) is 0 Å². The van der Waals surface area contributed by atoms with Gasteiger partial charge < -0.3 is 10.1 Å². The van der Waals surface area contributed by atoms with Crippen molar-refractivity contribution in [2.24, 2.45) is 10.8 Å². The minimum Gasteiger partial charge on any atom is -0.443 e. The predicted octanol–water partition coefficient (Wildman–Crippen LogP) is 4.57. The van der Waals surface area contributed by atoms with Crippen LogP contribution < -0.4 is 5.32 Å². The molecule has 2 aliphatic carbocycles. The van der Waals surface area contributed by atoms with Gasteiger partial charge in [-0.1, -0.05) is 0 Å². The average molecular weight is 488 g/mol. The number of piperidine rings is 2. The number of hydrogen-bond donors (Lipinski definition) is 1. The van der Waals surface area contributed by atoms with E-state index < -0.39 is 20.4 Å². The van der Waals surface area contributed by atoms with Crippen molar-refractivity contribution < 1.29 is 19.1 Å². The SMILES string of the molecule is CC(C)(C)OC(=O)N1CCC2(CC1=O)CC2(Cl)Cl.O=C1CC2(CCN1)CC2(Cl)Cl. The Morgan fingerprint density at radius 2 is 1.52 bits per heavy atom. The van der Waals surface area contributed by atoms with Crippen LogP contribution in [0.2, 0.25) is 0 Å². The van der Waals surface area contributed by atoms with Gasteiger partial charge >= 0.3 is 6.09 Å². The molecule has 2 saturated carbocycles. The summed E-state index contributed by atoms with van der Waals surface area (Å²) in [4.78, 5) is 35.9. The summed E-state index contributed by atoms with van der Waals surface area (Å²) in [6.45, 7) is 6.35. The molecule has 4 aliphatic rings. The molecule has 0 bridgehead atoms. The lowest BCUT2D eigenvalue weighted by Gasteiger charge is -2.32.